The quantitative estimate of drug-likeness (QED) is 0.533. The fourth-order valence-corrected chi connectivity index (χ4v) is 3.42. The maximum absolute atomic E-state index is 12.3. The molecule has 8 heteroatoms. The minimum absolute atomic E-state index is 0.198. The molecule has 3 aromatic rings. The van der Waals surface area contributed by atoms with Gasteiger partial charge < -0.3 is 29.6 Å². The number of amides is 2. The lowest BCUT2D eigenvalue weighted by atomic mass is 10.2. The smallest absolute Gasteiger partial charge is 0.248 e. The van der Waals surface area contributed by atoms with Crippen LogP contribution in [0.25, 0.3) is 12.2 Å². The van der Waals surface area contributed by atoms with E-state index >= 15 is 0 Å². The fraction of sp³-hybridized carbons (Fsp3) is 0.0769. The van der Waals surface area contributed by atoms with Gasteiger partial charge in [-0.2, -0.15) is 0 Å². The highest BCUT2D eigenvalue weighted by molar-refractivity contribution is 6.04. The van der Waals surface area contributed by atoms with Crippen molar-refractivity contribution in [1.82, 2.24) is 0 Å². The molecule has 0 unspecified atom stereocenters. The van der Waals surface area contributed by atoms with Crippen LogP contribution in [0.3, 0.4) is 0 Å². The third-order valence-corrected chi connectivity index (χ3v) is 5.05. The van der Waals surface area contributed by atoms with Crippen molar-refractivity contribution >= 4 is 35.3 Å². The Labute approximate surface area is 195 Å². The number of rotatable bonds is 6. The van der Waals surface area contributed by atoms with Crippen molar-refractivity contribution in [2.75, 3.05) is 24.2 Å². The molecule has 8 nitrogen and oxygen atoms in total. The highest BCUT2D eigenvalue weighted by Crippen LogP contribution is 2.33. The lowest BCUT2D eigenvalue weighted by Crippen LogP contribution is -2.10. The molecule has 2 aliphatic rings. The summed E-state index contributed by atoms with van der Waals surface area (Å²) in [5.41, 5.74) is 2.74. The van der Waals surface area contributed by atoms with Crippen LogP contribution >= 0.6 is 0 Å². The van der Waals surface area contributed by atoms with Crippen LogP contribution in [0.4, 0.5) is 11.4 Å². The summed E-state index contributed by atoms with van der Waals surface area (Å²) in [7, 11) is 0. The van der Waals surface area contributed by atoms with E-state index in [0.29, 0.717) is 34.4 Å². The molecular formula is C26H20N2O6. The Hall–Kier alpha value is -4.72. The number of hydrogen-bond acceptors (Lipinski definition) is 6. The normalized spacial score (nSPS) is 13.4. The first-order valence-corrected chi connectivity index (χ1v) is 10.5. The maximum atomic E-state index is 12.3. The average molecular weight is 456 g/mol. The highest BCUT2D eigenvalue weighted by atomic mass is 16.7. The molecule has 0 radical (unpaired) electrons. The van der Waals surface area contributed by atoms with Crippen LogP contribution in [0.15, 0.2) is 72.8 Å². The van der Waals surface area contributed by atoms with Crippen molar-refractivity contribution in [3.8, 4) is 23.0 Å². The van der Waals surface area contributed by atoms with E-state index in [1.54, 1.807) is 60.7 Å². The number of anilines is 2. The Morgan fingerprint density at radius 1 is 0.618 bits per heavy atom. The number of benzene rings is 3. The van der Waals surface area contributed by atoms with Crippen LogP contribution in [0.1, 0.15) is 11.1 Å². The van der Waals surface area contributed by atoms with Crippen LogP contribution in [0.2, 0.25) is 0 Å². The zero-order chi connectivity index (χ0) is 23.3. The van der Waals surface area contributed by atoms with Crippen molar-refractivity contribution in [3.63, 3.8) is 0 Å². The van der Waals surface area contributed by atoms with Gasteiger partial charge in [0, 0.05) is 23.5 Å². The van der Waals surface area contributed by atoms with Gasteiger partial charge in [0.1, 0.15) is 0 Å². The van der Waals surface area contributed by atoms with Gasteiger partial charge in [-0.1, -0.05) is 18.2 Å². The van der Waals surface area contributed by atoms with Crippen LogP contribution in [-0.4, -0.2) is 25.4 Å². The lowest BCUT2D eigenvalue weighted by molar-refractivity contribution is -0.112. The molecule has 2 amide bonds. The molecule has 0 aromatic heterocycles. The van der Waals surface area contributed by atoms with E-state index in [4.69, 9.17) is 18.9 Å². The Bertz CT molecular complexity index is 1220. The summed E-state index contributed by atoms with van der Waals surface area (Å²) in [5, 5.41) is 5.57. The van der Waals surface area contributed by atoms with E-state index in [1.807, 2.05) is 12.1 Å². The van der Waals surface area contributed by atoms with Crippen molar-refractivity contribution in [2.45, 2.75) is 0 Å². The van der Waals surface area contributed by atoms with Crippen LogP contribution in [0.5, 0.6) is 23.0 Å². The summed E-state index contributed by atoms with van der Waals surface area (Å²) in [4.78, 5) is 24.6. The minimum Gasteiger partial charge on any atom is -0.454 e. The summed E-state index contributed by atoms with van der Waals surface area (Å²) < 4.78 is 21.2. The van der Waals surface area contributed by atoms with Crippen molar-refractivity contribution in [3.05, 3.63) is 83.9 Å². The Morgan fingerprint density at radius 2 is 1.09 bits per heavy atom. The number of fused-ring (bicyclic) bond motifs is 2. The first-order chi connectivity index (χ1) is 16.6. The molecule has 34 heavy (non-hydrogen) atoms. The molecule has 5 rings (SSSR count). The molecule has 0 bridgehead atoms. The average Bonchev–Trinajstić information content (AvgIpc) is 3.50. The van der Waals surface area contributed by atoms with Crippen molar-refractivity contribution < 1.29 is 28.5 Å². The van der Waals surface area contributed by atoms with E-state index in [0.717, 1.165) is 11.1 Å². The molecule has 0 spiro atoms. The molecular weight excluding hydrogens is 436 g/mol. The Balaban J connectivity index is 1.17. The maximum Gasteiger partial charge on any atom is 0.248 e. The largest absolute Gasteiger partial charge is 0.454 e. The third kappa shape index (κ3) is 5.02. The number of carbonyl (C=O) groups is 2. The number of ether oxygens (including phenoxy) is 4. The van der Waals surface area contributed by atoms with Crippen LogP contribution in [0, 0.1) is 0 Å². The molecule has 0 aliphatic carbocycles. The van der Waals surface area contributed by atoms with Crippen molar-refractivity contribution in [1.29, 1.82) is 0 Å². The van der Waals surface area contributed by atoms with Crippen molar-refractivity contribution in [2.24, 2.45) is 0 Å². The van der Waals surface area contributed by atoms with Gasteiger partial charge >= 0.3 is 0 Å². The van der Waals surface area contributed by atoms with E-state index in [2.05, 4.69) is 10.6 Å². The topological polar surface area (TPSA) is 95.1 Å². The second kappa shape index (κ2) is 9.41. The monoisotopic (exact) mass is 456 g/mol. The number of nitrogens with one attached hydrogen (secondary N) is 2. The van der Waals surface area contributed by atoms with Gasteiger partial charge in [0.05, 0.1) is 0 Å². The highest BCUT2D eigenvalue weighted by Gasteiger charge is 2.13. The molecule has 170 valence electrons. The number of carbonyl (C=O) groups excluding carboxylic acids is 2. The predicted octanol–water partition coefficient (Wildman–Crippen LogP) is 4.45. The first-order valence-electron chi connectivity index (χ1n) is 10.5. The van der Waals surface area contributed by atoms with Gasteiger partial charge in [-0.3, -0.25) is 9.59 Å². The second-order valence-electron chi connectivity index (χ2n) is 7.45. The zero-order valence-electron chi connectivity index (χ0n) is 17.9. The molecule has 0 atom stereocenters. The van der Waals surface area contributed by atoms with Crippen LogP contribution in [-0.2, 0) is 9.59 Å². The summed E-state index contributed by atoms with van der Waals surface area (Å²) in [5.74, 6) is 2.07. The summed E-state index contributed by atoms with van der Waals surface area (Å²) in [6.45, 7) is 0.397. The SMILES string of the molecule is O=C(/C=C/c1ccc2c(c1)OCO2)Nc1cccc(NC(=O)/C=C/c2ccc3c(c2)OCO3)c1. The van der Waals surface area contributed by atoms with Gasteiger partial charge in [-0.15, -0.1) is 0 Å². The molecule has 2 aliphatic heterocycles. The molecule has 3 aromatic carbocycles. The summed E-state index contributed by atoms with van der Waals surface area (Å²) in [6.07, 6.45) is 6.22. The van der Waals surface area contributed by atoms with Gasteiger partial charge in [0.25, 0.3) is 0 Å². The second-order valence-corrected chi connectivity index (χ2v) is 7.45. The first kappa shape index (κ1) is 21.1. The molecule has 2 heterocycles. The lowest BCUT2D eigenvalue weighted by Gasteiger charge is -2.06. The molecule has 0 fully saturated rings. The molecule has 0 saturated carbocycles. The standard InChI is InChI=1S/C26H20N2O6/c29-25(10-6-17-4-8-21-23(12-17)33-15-31-21)27-19-2-1-3-20(14-19)28-26(30)11-7-18-5-9-22-24(13-18)34-16-32-22/h1-14H,15-16H2,(H,27,29)(H,28,30)/b10-6+,11-7+. The molecule has 0 saturated heterocycles. The predicted molar refractivity (Wildman–Crippen MR) is 127 cm³/mol. The van der Waals surface area contributed by atoms with Gasteiger partial charge in [-0.25, -0.2) is 0 Å². The van der Waals surface area contributed by atoms with E-state index in [-0.39, 0.29) is 25.4 Å². The van der Waals surface area contributed by atoms with Gasteiger partial charge in [0.2, 0.25) is 25.4 Å². The van der Waals surface area contributed by atoms with E-state index in [9.17, 15) is 9.59 Å². The van der Waals surface area contributed by atoms with E-state index < -0.39 is 0 Å². The van der Waals surface area contributed by atoms with Gasteiger partial charge in [-0.05, 0) is 65.7 Å². The Morgan fingerprint density at radius 3 is 1.59 bits per heavy atom. The molecule has 2 N–H and O–H groups in total. The van der Waals surface area contributed by atoms with Gasteiger partial charge in [0.15, 0.2) is 23.0 Å². The summed E-state index contributed by atoms with van der Waals surface area (Å²) in [6, 6.07) is 17.8. The van der Waals surface area contributed by atoms with E-state index in [1.165, 1.54) is 12.2 Å². The number of hydrogen-bond donors (Lipinski definition) is 2. The summed E-state index contributed by atoms with van der Waals surface area (Å²) >= 11 is 0. The minimum atomic E-state index is -0.302. The Kier molecular flexibility index (Phi) is 5.85. The fourth-order valence-electron chi connectivity index (χ4n) is 3.42. The third-order valence-electron chi connectivity index (χ3n) is 5.05. The van der Waals surface area contributed by atoms with Crippen LogP contribution < -0.4 is 29.6 Å². The zero-order valence-corrected chi connectivity index (χ0v) is 17.9.